The fourth-order valence-corrected chi connectivity index (χ4v) is 2.86. The van der Waals surface area contributed by atoms with Gasteiger partial charge in [-0.1, -0.05) is 45.0 Å². The Morgan fingerprint density at radius 3 is 2.68 bits per heavy atom. The molecule has 0 fully saturated rings. The Labute approximate surface area is 118 Å². The summed E-state index contributed by atoms with van der Waals surface area (Å²) in [5.41, 5.74) is 3.33. The molecular weight excluding hydrogens is 232 g/mol. The molecule has 1 aromatic carbocycles. The van der Waals surface area contributed by atoms with Crippen molar-refractivity contribution in [3.8, 4) is 0 Å². The first-order chi connectivity index (χ1) is 8.89. The maximum absolute atomic E-state index is 3.67. The molecule has 0 saturated heterocycles. The third-order valence-electron chi connectivity index (χ3n) is 4.60. The van der Waals surface area contributed by atoms with Crippen LogP contribution in [-0.4, -0.2) is 31.1 Å². The molecule has 1 aliphatic rings. The Kier molecular flexibility index (Phi) is 4.32. The molecule has 1 aromatic rings. The van der Waals surface area contributed by atoms with Crippen molar-refractivity contribution in [2.24, 2.45) is 5.41 Å². The predicted octanol–water partition coefficient (Wildman–Crippen LogP) is 3.24. The van der Waals surface area contributed by atoms with E-state index < -0.39 is 0 Å². The third kappa shape index (κ3) is 3.37. The molecule has 0 aliphatic carbocycles. The second-order valence-electron chi connectivity index (χ2n) is 6.94. The Morgan fingerprint density at radius 2 is 2.00 bits per heavy atom. The van der Waals surface area contributed by atoms with Gasteiger partial charge in [-0.2, -0.15) is 0 Å². The van der Waals surface area contributed by atoms with E-state index in [1.165, 1.54) is 11.1 Å². The van der Waals surface area contributed by atoms with E-state index in [-0.39, 0.29) is 0 Å². The van der Waals surface area contributed by atoms with Crippen LogP contribution in [0.1, 0.15) is 44.9 Å². The van der Waals surface area contributed by atoms with E-state index in [4.69, 9.17) is 0 Å². The lowest BCUT2D eigenvalue weighted by atomic mass is 9.86. The molecule has 0 radical (unpaired) electrons. The van der Waals surface area contributed by atoms with Gasteiger partial charge in [0.2, 0.25) is 0 Å². The summed E-state index contributed by atoms with van der Waals surface area (Å²) in [4.78, 5) is 2.49. The predicted molar refractivity (Wildman–Crippen MR) is 82.4 cm³/mol. The molecule has 2 nitrogen and oxygen atoms in total. The van der Waals surface area contributed by atoms with Gasteiger partial charge in [0.25, 0.3) is 0 Å². The third-order valence-corrected chi connectivity index (χ3v) is 4.60. The van der Waals surface area contributed by atoms with Gasteiger partial charge in [-0.15, -0.1) is 0 Å². The molecule has 0 spiro atoms. The van der Waals surface area contributed by atoms with Crippen molar-refractivity contribution in [2.45, 2.75) is 46.2 Å². The first kappa shape index (κ1) is 14.5. The molecule has 2 rings (SSSR count). The van der Waals surface area contributed by atoms with Crippen LogP contribution in [0.15, 0.2) is 24.3 Å². The molecule has 106 valence electrons. The van der Waals surface area contributed by atoms with Gasteiger partial charge in [0.15, 0.2) is 0 Å². The van der Waals surface area contributed by atoms with Crippen molar-refractivity contribution in [1.29, 1.82) is 0 Å². The topological polar surface area (TPSA) is 15.3 Å². The van der Waals surface area contributed by atoms with Crippen molar-refractivity contribution in [3.63, 3.8) is 0 Å². The first-order valence-electron chi connectivity index (χ1n) is 7.41. The van der Waals surface area contributed by atoms with Gasteiger partial charge < -0.3 is 10.2 Å². The molecule has 0 saturated carbocycles. The number of hydrogen-bond donors (Lipinski definition) is 1. The fraction of sp³-hybridized carbons (Fsp3) is 0.647. The normalized spacial score (nSPS) is 21.3. The summed E-state index contributed by atoms with van der Waals surface area (Å²) in [5, 5.41) is 3.67. The van der Waals surface area contributed by atoms with E-state index in [2.05, 4.69) is 69.2 Å². The minimum atomic E-state index is 0.322. The summed E-state index contributed by atoms with van der Waals surface area (Å²) in [5.74, 6) is 0. The summed E-state index contributed by atoms with van der Waals surface area (Å²) >= 11 is 0. The van der Waals surface area contributed by atoms with Crippen molar-refractivity contribution in [1.82, 2.24) is 10.2 Å². The van der Waals surface area contributed by atoms with E-state index >= 15 is 0 Å². The Morgan fingerprint density at radius 1 is 1.32 bits per heavy atom. The monoisotopic (exact) mass is 260 g/mol. The quantitative estimate of drug-likeness (QED) is 0.897. The Bertz CT molecular complexity index is 420. The molecule has 1 aliphatic heterocycles. The molecule has 0 aromatic heterocycles. The van der Waals surface area contributed by atoms with Crippen molar-refractivity contribution < 1.29 is 0 Å². The van der Waals surface area contributed by atoms with Crippen LogP contribution in [0.3, 0.4) is 0 Å². The highest BCUT2D eigenvalue weighted by Gasteiger charge is 2.27. The first-order valence-corrected chi connectivity index (χ1v) is 7.41. The van der Waals surface area contributed by atoms with E-state index in [1.54, 1.807) is 0 Å². The van der Waals surface area contributed by atoms with Crippen LogP contribution in [0.2, 0.25) is 0 Å². The highest BCUT2D eigenvalue weighted by Crippen LogP contribution is 2.27. The molecular formula is C17H28N2. The summed E-state index contributed by atoms with van der Waals surface area (Å²) < 4.78 is 0. The van der Waals surface area contributed by atoms with Crippen LogP contribution in [0.5, 0.6) is 0 Å². The number of nitrogens with one attached hydrogen (secondary N) is 1. The van der Waals surface area contributed by atoms with E-state index in [0.29, 0.717) is 17.5 Å². The van der Waals surface area contributed by atoms with Gasteiger partial charge in [-0.3, -0.25) is 0 Å². The Hall–Kier alpha value is -0.860. The fourth-order valence-electron chi connectivity index (χ4n) is 2.86. The van der Waals surface area contributed by atoms with Gasteiger partial charge in [0.05, 0.1) is 0 Å². The molecule has 1 heterocycles. The molecule has 0 bridgehead atoms. The summed E-state index contributed by atoms with van der Waals surface area (Å²) in [6.45, 7) is 11.5. The van der Waals surface area contributed by atoms with Crippen LogP contribution in [0, 0.1) is 5.41 Å². The maximum Gasteiger partial charge on any atom is 0.0452 e. The van der Waals surface area contributed by atoms with Gasteiger partial charge in [-0.05, 0) is 43.5 Å². The molecule has 0 amide bonds. The zero-order valence-electron chi connectivity index (χ0n) is 13.0. The second-order valence-corrected chi connectivity index (χ2v) is 6.94. The van der Waals surface area contributed by atoms with Crippen LogP contribution in [0.4, 0.5) is 0 Å². The molecule has 19 heavy (non-hydrogen) atoms. The minimum absolute atomic E-state index is 0.322. The van der Waals surface area contributed by atoms with E-state index in [1.807, 2.05) is 0 Å². The zero-order valence-corrected chi connectivity index (χ0v) is 13.0. The van der Waals surface area contributed by atoms with Crippen LogP contribution >= 0.6 is 0 Å². The summed E-state index contributed by atoms with van der Waals surface area (Å²) in [6.07, 6.45) is 1.16. The molecule has 2 unspecified atom stereocenters. The van der Waals surface area contributed by atoms with Gasteiger partial charge in [0.1, 0.15) is 0 Å². The van der Waals surface area contributed by atoms with Crippen LogP contribution < -0.4 is 5.32 Å². The molecule has 1 N–H and O–H groups in total. The lowest BCUT2D eigenvalue weighted by molar-refractivity contribution is 0.128. The van der Waals surface area contributed by atoms with Crippen molar-refractivity contribution >= 4 is 0 Å². The zero-order chi connectivity index (χ0) is 14.0. The number of likely N-dealkylation sites (N-methyl/N-ethyl adjacent to an activating group) is 1. The number of fused-ring (bicyclic) bond motifs is 1. The largest absolute Gasteiger partial charge is 0.309 e. The average Bonchev–Trinajstić information content (AvgIpc) is 2.37. The van der Waals surface area contributed by atoms with Crippen LogP contribution in [0.25, 0.3) is 0 Å². The Balaban J connectivity index is 2.09. The number of hydrogen-bond acceptors (Lipinski definition) is 2. The van der Waals surface area contributed by atoms with Crippen molar-refractivity contribution in [2.75, 3.05) is 20.1 Å². The SMILES string of the molecule is CC(N(C)CC1NCCc2ccccc21)C(C)(C)C. The molecule has 2 heteroatoms. The average molecular weight is 260 g/mol. The maximum atomic E-state index is 3.67. The highest BCUT2D eigenvalue weighted by atomic mass is 15.2. The number of rotatable bonds is 3. The second kappa shape index (κ2) is 5.64. The minimum Gasteiger partial charge on any atom is -0.309 e. The smallest absolute Gasteiger partial charge is 0.0452 e. The van der Waals surface area contributed by atoms with E-state index in [0.717, 1.165) is 19.5 Å². The van der Waals surface area contributed by atoms with Gasteiger partial charge in [0, 0.05) is 18.6 Å². The lowest BCUT2D eigenvalue weighted by Crippen LogP contribution is -2.45. The standard InChI is InChI=1S/C17H28N2/c1-13(17(2,3)4)19(5)12-16-15-9-7-6-8-14(15)10-11-18-16/h6-9,13,16,18H,10-12H2,1-5H3. The van der Waals surface area contributed by atoms with Gasteiger partial charge in [-0.25, -0.2) is 0 Å². The number of benzene rings is 1. The summed E-state index contributed by atoms with van der Waals surface area (Å²) in [6, 6.07) is 9.91. The molecule has 2 atom stereocenters. The van der Waals surface area contributed by atoms with E-state index in [9.17, 15) is 0 Å². The number of nitrogens with zero attached hydrogens (tertiary/aromatic N) is 1. The van der Waals surface area contributed by atoms with Crippen molar-refractivity contribution in [3.05, 3.63) is 35.4 Å². The summed E-state index contributed by atoms with van der Waals surface area (Å²) in [7, 11) is 2.24. The van der Waals surface area contributed by atoms with Gasteiger partial charge >= 0.3 is 0 Å². The van der Waals surface area contributed by atoms with Crippen LogP contribution in [-0.2, 0) is 6.42 Å². The highest BCUT2D eigenvalue weighted by molar-refractivity contribution is 5.32. The lowest BCUT2D eigenvalue weighted by Gasteiger charge is -2.38.